The largest absolute Gasteiger partial charge is 0.379 e. The van der Waals surface area contributed by atoms with Gasteiger partial charge in [-0.25, -0.2) is 0 Å². The first kappa shape index (κ1) is 12.5. The number of rotatable bonds is 3. The topological polar surface area (TPSA) is 47.6 Å². The Bertz CT molecular complexity index is 232. The Morgan fingerprint density at radius 3 is 2.67 bits per heavy atom. The number of carbonyl (C=O) groups excluding carboxylic acids is 1. The van der Waals surface area contributed by atoms with Crippen LogP contribution in [0.25, 0.3) is 0 Å². The lowest BCUT2D eigenvalue weighted by atomic mass is 9.93. The molecular formula is C11H21NO3. The summed E-state index contributed by atoms with van der Waals surface area (Å²) in [4.78, 5) is 11.9. The molecule has 1 rings (SSSR count). The lowest BCUT2D eigenvalue weighted by molar-refractivity contribution is -0.143. The van der Waals surface area contributed by atoms with E-state index in [9.17, 15) is 4.79 Å². The summed E-state index contributed by atoms with van der Waals surface area (Å²) in [5, 5.41) is 3.00. The van der Waals surface area contributed by atoms with Gasteiger partial charge in [0.25, 0.3) is 5.91 Å². The average molecular weight is 215 g/mol. The molecule has 1 saturated heterocycles. The fourth-order valence-corrected chi connectivity index (χ4v) is 1.55. The molecule has 0 aromatic carbocycles. The second kappa shape index (κ2) is 4.49. The van der Waals surface area contributed by atoms with Crippen LogP contribution in [0.1, 0.15) is 33.6 Å². The summed E-state index contributed by atoms with van der Waals surface area (Å²) in [5.41, 5.74) is -1.02. The van der Waals surface area contributed by atoms with Crippen molar-refractivity contribution >= 4 is 5.91 Å². The van der Waals surface area contributed by atoms with Crippen LogP contribution in [0.2, 0.25) is 0 Å². The molecule has 1 heterocycles. The summed E-state index contributed by atoms with van der Waals surface area (Å²) in [7, 11) is 1.54. The molecule has 0 radical (unpaired) electrons. The minimum Gasteiger partial charge on any atom is -0.379 e. The maximum atomic E-state index is 11.9. The Kier molecular flexibility index (Phi) is 3.73. The zero-order valence-corrected chi connectivity index (χ0v) is 10.1. The molecule has 0 spiro atoms. The fraction of sp³-hybridized carbons (Fsp3) is 0.909. The van der Waals surface area contributed by atoms with Gasteiger partial charge in [-0.15, -0.1) is 0 Å². The van der Waals surface area contributed by atoms with E-state index in [-0.39, 0.29) is 11.4 Å². The van der Waals surface area contributed by atoms with Crippen molar-refractivity contribution in [3.63, 3.8) is 0 Å². The number of ether oxygens (including phenoxy) is 2. The molecule has 1 aliphatic heterocycles. The Labute approximate surface area is 91.3 Å². The number of nitrogens with one attached hydrogen (secondary N) is 1. The molecule has 0 aliphatic carbocycles. The van der Waals surface area contributed by atoms with Crippen LogP contribution in [0.4, 0.5) is 0 Å². The molecule has 15 heavy (non-hydrogen) atoms. The molecule has 1 amide bonds. The van der Waals surface area contributed by atoms with E-state index in [0.29, 0.717) is 6.61 Å². The molecule has 88 valence electrons. The Hall–Kier alpha value is -0.610. The highest BCUT2D eigenvalue weighted by atomic mass is 16.5. The monoisotopic (exact) mass is 215 g/mol. The van der Waals surface area contributed by atoms with Gasteiger partial charge in [0.2, 0.25) is 0 Å². The van der Waals surface area contributed by atoms with Crippen LogP contribution in [0.3, 0.4) is 0 Å². The van der Waals surface area contributed by atoms with E-state index in [4.69, 9.17) is 9.47 Å². The van der Waals surface area contributed by atoms with Crippen molar-refractivity contribution in [2.24, 2.45) is 0 Å². The molecule has 0 aromatic rings. The van der Waals surface area contributed by atoms with Gasteiger partial charge in [0.1, 0.15) is 5.60 Å². The van der Waals surface area contributed by atoms with E-state index in [0.717, 1.165) is 19.4 Å². The quantitative estimate of drug-likeness (QED) is 0.766. The Morgan fingerprint density at radius 1 is 1.53 bits per heavy atom. The molecule has 4 heteroatoms. The molecule has 1 aliphatic rings. The third-order valence-electron chi connectivity index (χ3n) is 2.91. The van der Waals surface area contributed by atoms with E-state index in [2.05, 4.69) is 5.32 Å². The van der Waals surface area contributed by atoms with E-state index < -0.39 is 5.60 Å². The zero-order valence-electron chi connectivity index (χ0n) is 10.1. The van der Waals surface area contributed by atoms with Gasteiger partial charge in [0, 0.05) is 13.7 Å². The van der Waals surface area contributed by atoms with Crippen LogP contribution in [-0.4, -0.2) is 37.4 Å². The standard InChI is InChI=1S/C11H21NO3/c1-10(2,14-4)9(13)12-11(3)6-5-7-15-8-11/h5-8H2,1-4H3,(H,12,13). The minimum atomic E-state index is -0.777. The third-order valence-corrected chi connectivity index (χ3v) is 2.91. The van der Waals surface area contributed by atoms with E-state index in [1.807, 2.05) is 6.92 Å². The maximum absolute atomic E-state index is 11.9. The van der Waals surface area contributed by atoms with Crippen molar-refractivity contribution in [2.45, 2.75) is 44.8 Å². The fourth-order valence-electron chi connectivity index (χ4n) is 1.55. The Balaban J connectivity index is 2.56. The van der Waals surface area contributed by atoms with Crippen LogP contribution in [0, 0.1) is 0 Å². The molecule has 1 atom stereocenters. The zero-order chi connectivity index (χ0) is 11.5. The van der Waals surface area contributed by atoms with Crippen molar-refractivity contribution < 1.29 is 14.3 Å². The van der Waals surface area contributed by atoms with Crippen molar-refractivity contribution in [1.82, 2.24) is 5.32 Å². The Morgan fingerprint density at radius 2 is 2.20 bits per heavy atom. The maximum Gasteiger partial charge on any atom is 0.252 e. The van der Waals surface area contributed by atoms with Crippen LogP contribution in [0.5, 0.6) is 0 Å². The number of methoxy groups -OCH3 is 1. The van der Waals surface area contributed by atoms with Gasteiger partial charge in [-0.3, -0.25) is 4.79 Å². The molecule has 0 bridgehead atoms. The van der Waals surface area contributed by atoms with Gasteiger partial charge in [-0.2, -0.15) is 0 Å². The van der Waals surface area contributed by atoms with Gasteiger partial charge in [-0.05, 0) is 33.6 Å². The lowest BCUT2D eigenvalue weighted by Gasteiger charge is -2.36. The first-order chi connectivity index (χ1) is 6.90. The molecule has 0 saturated carbocycles. The highest BCUT2D eigenvalue weighted by molar-refractivity contribution is 5.84. The van der Waals surface area contributed by atoms with Gasteiger partial charge < -0.3 is 14.8 Å². The van der Waals surface area contributed by atoms with Gasteiger partial charge in [-0.1, -0.05) is 0 Å². The van der Waals surface area contributed by atoms with Crippen molar-refractivity contribution in [1.29, 1.82) is 0 Å². The molecule has 4 nitrogen and oxygen atoms in total. The second-order valence-corrected chi connectivity index (χ2v) is 4.89. The summed E-state index contributed by atoms with van der Waals surface area (Å²) in [6.45, 7) is 6.90. The van der Waals surface area contributed by atoms with Crippen molar-refractivity contribution in [2.75, 3.05) is 20.3 Å². The van der Waals surface area contributed by atoms with Gasteiger partial charge in [0.05, 0.1) is 12.1 Å². The summed E-state index contributed by atoms with van der Waals surface area (Å²) in [6, 6.07) is 0. The van der Waals surface area contributed by atoms with E-state index in [1.54, 1.807) is 21.0 Å². The van der Waals surface area contributed by atoms with Crippen molar-refractivity contribution in [3.05, 3.63) is 0 Å². The summed E-state index contributed by atoms with van der Waals surface area (Å²) in [5.74, 6) is -0.0852. The van der Waals surface area contributed by atoms with E-state index in [1.165, 1.54) is 0 Å². The van der Waals surface area contributed by atoms with Crippen LogP contribution < -0.4 is 5.32 Å². The van der Waals surface area contributed by atoms with Crippen LogP contribution in [-0.2, 0) is 14.3 Å². The van der Waals surface area contributed by atoms with Crippen LogP contribution in [0.15, 0.2) is 0 Å². The molecule has 0 aromatic heterocycles. The highest BCUT2D eigenvalue weighted by Gasteiger charge is 2.35. The predicted octanol–water partition coefficient (Wildman–Crippen LogP) is 1.10. The molecule has 1 N–H and O–H groups in total. The average Bonchev–Trinajstić information content (AvgIpc) is 2.18. The third kappa shape index (κ3) is 3.18. The first-order valence-electron chi connectivity index (χ1n) is 5.35. The summed E-state index contributed by atoms with van der Waals surface area (Å²) < 4.78 is 10.5. The normalized spacial score (nSPS) is 27.5. The van der Waals surface area contributed by atoms with E-state index >= 15 is 0 Å². The smallest absolute Gasteiger partial charge is 0.252 e. The first-order valence-corrected chi connectivity index (χ1v) is 5.35. The molecule has 1 unspecified atom stereocenters. The number of hydrogen-bond donors (Lipinski definition) is 1. The highest BCUT2D eigenvalue weighted by Crippen LogP contribution is 2.20. The van der Waals surface area contributed by atoms with Gasteiger partial charge >= 0.3 is 0 Å². The second-order valence-electron chi connectivity index (χ2n) is 4.89. The number of hydrogen-bond acceptors (Lipinski definition) is 3. The predicted molar refractivity (Wildman–Crippen MR) is 57.7 cm³/mol. The summed E-state index contributed by atoms with van der Waals surface area (Å²) in [6.07, 6.45) is 1.95. The number of amides is 1. The summed E-state index contributed by atoms with van der Waals surface area (Å²) >= 11 is 0. The molecule has 1 fully saturated rings. The van der Waals surface area contributed by atoms with Crippen LogP contribution >= 0.6 is 0 Å². The number of carbonyl (C=O) groups is 1. The SMILES string of the molecule is COC(C)(C)C(=O)NC1(C)CCCOC1. The lowest BCUT2D eigenvalue weighted by Crippen LogP contribution is -2.57. The molecular weight excluding hydrogens is 194 g/mol. The minimum absolute atomic E-state index is 0.0852. The van der Waals surface area contributed by atoms with Crippen molar-refractivity contribution in [3.8, 4) is 0 Å². The van der Waals surface area contributed by atoms with Gasteiger partial charge in [0.15, 0.2) is 0 Å².